The average molecular weight is 320 g/mol. The van der Waals surface area contributed by atoms with Crippen molar-refractivity contribution in [1.29, 1.82) is 0 Å². The Morgan fingerprint density at radius 1 is 1.00 bits per heavy atom. The minimum absolute atomic E-state index is 0.0927. The van der Waals surface area contributed by atoms with Crippen LogP contribution in [0.4, 0.5) is 0 Å². The standard InChI is InChI=1S/C16H37NO3Si/c1-8-9-11-16(6,7)20-21(13-10-12-17,18-14(2)3)19-15(4)5/h14-15H,8-13,17H2,1-7H3. The summed E-state index contributed by atoms with van der Waals surface area (Å²) in [7, 11) is -2.71. The summed E-state index contributed by atoms with van der Waals surface area (Å²) in [6.45, 7) is 15.3. The summed E-state index contributed by atoms with van der Waals surface area (Å²) >= 11 is 0. The van der Waals surface area contributed by atoms with Gasteiger partial charge in [0.2, 0.25) is 0 Å². The zero-order valence-corrected chi connectivity index (χ0v) is 16.2. The molecule has 0 fully saturated rings. The molecule has 0 aliphatic rings. The largest absolute Gasteiger partial charge is 0.501 e. The summed E-state index contributed by atoms with van der Waals surface area (Å²) in [6.07, 6.45) is 4.39. The van der Waals surface area contributed by atoms with Crippen LogP contribution in [0, 0.1) is 0 Å². The van der Waals surface area contributed by atoms with E-state index in [-0.39, 0.29) is 17.8 Å². The van der Waals surface area contributed by atoms with E-state index >= 15 is 0 Å². The van der Waals surface area contributed by atoms with E-state index in [0.29, 0.717) is 6.54 Å². The highest BCUT2D eigenvalue weighted by Gasteiger charge is 2.46. The molecule has 0 rings (SSSR count). The normalized spacial score (nSPS) is 13.4. The third-order valence-electron chi connectivity index (χ3n) is 3.08. The first-order valence-electron chi connectivity index (χ1n) is 8.42. The third kappa shape index (κ3) is 9.63. The smallest absolute Gasteiger partial charge is 0.371 e. The first kappa shape index (κ1) is 21.1. The van der Waals surface area contributed by atoms with Gasteiger partial charge in [-0.2, -0.15) is 0 Å². The Morgan fingerprint density at radius 3 is 1.90 bits per heavy atom. The van der Waals surface area contributed by atoms with Crippen LogP contribution in [0.3, 0.4) is 0 Å². The van der Waals surface area contributed by atoms with E-state index < -0.39 is 8.80 Å². The quantitative estimate of drug-likeness (QED) is 0.550. The highest BCUT2D eigenvalue weighted by molar-refractivity contribution is 6.60. The maximum atomic E-state index is 6.49. The van der Waals surface area contributed by atoms with Gasteiger partial charge in [-0.1, -0.05) is 19.8 Å². The van der Waals surface area contributed by atoms with Gasteiger partial charge in [-0.3, -0.25) is 0 Å². The summed E-state index contributed by atoms with van der Waals surface area (Å²) in [5, 5.41) is 0. The van der Waals surface area contributed by atoms with Crippen molar-refractivity contribution < 1.29 is 13.3 Å². The second-order valence-corrected chi connectivity index (χ2v) is 9.42. The Morgan fingerprint density at radius 2 is 1.52 bits per heavy atom. The van der Waals surface area contributed by atoms with Crippen LogP contribution in [-0.4, -0.2) is 33.2 Å². The number of hydrogen-bond acceptors (Lipinski definition) is 4. The van der Waals surface area contributed by atoms with Crippen molar-refractivity contribution in [2.24, 2.45) is 5.73 Å². The van der Waals surface area contributed by atoms with E-state index in [0.717, 1.165) is 25.3 Å². The molecular formula is C16H37NO3Si. The Kier molecular flexibility index (Phi) is 9.98. The van der Waals surface area contributed by atoms with Crippen LogP contribution in [0.15, 0.2) is 0 Å². The molecule has 0 unspecified atom stereocenters. The van der Waals surface area contributed by atoms with Gasteiger partial charge in [0.1, 0.15) is 0 Å². The second-order valence-electron chi connectivity index (χ2n) is 6.87. The summed E-state index contributed by atoms with van der Waals surface area (Å²) in [5.74, 6) is 0. The fraction of sp³-hybridized carbons (Fsp3) is 1.00. The minimum atomic E-state index is -2.71. The molecule has 0 saturated heterocycles. The predicted octanol–water partition coefficient (Wildman–Crippen LogP) is 4.11. The molecule has 0 aromatic heterocycles. The summed E-state index contributed by atoms with van der Waals surface area (Å²) in [5.41, 5.74) is 5.48. The van der Waals surface area contributed by atoms with Crippen molar-refractivity contribution in [1.82, 2.24) is 0 Å². The first-order chi connectivity index (χ1) is 9.66. The number of unbranched alkanes of at least 4 members (excludes halogenated alkanes) is 1. The first-order valence-corrected chi connectivity index (χ1v) is 10.4. The molecule has 0 radical (unpaired) electrons. The monoisotopic (exact) mass is 319 g/mol. The van der Waals surface area contributed by atoms with Gasteiger partial charge in [0.15, 0.2) is 0 Å². The molecule has 128 valence electrons. The van der Waals surface area contributed by atoms with Gasteiger partial charge in [-0.25, -0.2) is 0 Å². The van der Waals surface area contributed by atoms with Crippen LogP contribution in [0.25, 0.3) is 0 Å². The molecule has 0 bridgehead atoms. The molecule has 0 heterocycles. The summed E-state index contributed by atoms with van der Waals surface area (Å²) in [4.78, 5) is 0. The van der Waals surface area contributed by atoms with Crippen molar-refractivity contribution in [3.63, 3.8) is 0 Å². The van der Waals surface area contributed by atoms with E-state index in [1.165, 1.54) is 6.42 Å². The van der Waals surface area contributed by atoms with E-state index in [9.17, 15) is 0 Å². The zero-order valence-electron chi connectivity index (χ0n) is 15.2. The lowest BCUT2D eigenvalue weighted by molar-refractivity contribution is -0.0410. The molecule has 0 saturated carbocycles. The molecule has 5 heteroatoms. The molecule has 2 N–H and O–H groups in total. The average Bonchev–Trinajstić information content (AvgIpc) is 2.31. The van der Waals surface area contributed by atoms with E-state index in [1.807, 2.05) is 27.7 Å². The molecule has 0 aromatic carbocycles. The predicted molar refractivity (Wildman–Crippen MR) is 91.4 cm³/mol. The fourth-order valence-corrected chi connectivity index (χ4v) is 5.86. The highest BCUT2D eigenvalue weighted by atomic mass is 28.4. The lowest BCUT2D eigenvalue weighted by Gasteiger charge is -2.39. The van der Waals surface area contributed by atoms with Gasteiger partial charge in [0, 0.05) is 18.3 Å². The van der Waals surface area contributed by atoms with Crippen LogP contribution in [0.2, 0.25) is 6.04 Å². The van der Waals surface area contributed by atoms with Gasteiger partial charge < -0.3 is 19.0 Å². The Balaban J connectivity index is 5.10. The maximum absolute atomic E-state index is 6.49. The van der Waals surface area contributed by atoms with E-state index in [2.05, 4.69) is 20.8 Å². The number of rotatable bonds is 12. The third-order valence-corrected chi connectivity index (χ3v) is 6.57. The Hall–Kier alpha value is 0.0569. The molecule has 0 aromatic rings. The number of nitrogens with two attached hydrogens (primary N) is 1. The zero-order chi connectivity index (χ0) is 16.5. The second kappa shape index (κ2) is 9.95. The van der Waals surface area contributed by atoms with Crippen LogP contribution in [-0.2, 0) is 13.3 Å². The lowest BCUT2D eigenvalue weighted by atomic mass is 10.0. The molecule has 0 aliphatic heterocycles. The van der Waals surface area contributed by atoms with Gasteiger partial charge >= 0.3 is 8.80 Å². The van der Waals surface area contributed by atoms with Crippen molar-refractivity contribution >= 4 is 8.80 Å². The maximum Gasteiger partial charge on any atom is 0.501 e. The van der Waals surface area contributed by atoms with Crippen molar-refractivity contribution in [3.8, 4) is 0 Å². The van der Waals surface area contributed by atoms with Crippen LogP contribution < -0.4 is 5.73 Å². The van der Waals surface area contributed by atoms with E-state index in [4.69, 9.17) is 19.0 Å². The summed E-state index contributed by atoms with van der Waals surface area (Å²) < 4.78 is 18.9. The van der Waals surface area contributed by atoms with Crippen molar-refractivity contribution in [2.75, 3.05) is 6.54 Å². The van der Waals surface area contributed by atoms with Crippen LogP contribution in [0.1, 0.15) is 74.1 Å². The SMILES string of the molecule is CCCCC(C)(C)O[Si](CCCN)(OC(C)C)OC(C)C. The van der Waals surface area contributed by atoms with Crippen LogP contribution in [0.5, 0.6) is 0 Å². The molecule has 0 atom stereocenters. The Labute approximate surface area is 133 Å². The molecular weight excluding hydrogens is 282 g/mol. The molecule has 4 nitrogen and oxygen atoms in total. The Bertz CT molecular complexity index is 260. The topological polar surface area (TPSA) is 53.7 Å². The number of hydrogen-bond donors (Lipinski definition) is 1. The van der Waals surface area contributed by atoms with Gasteiger partial charge in [0.05, 0.1) is 5.60 Å². The molecule has 0 aliphatic carbocycles. The van der Waals surface area contributed by atoms with Gasteiger partial charge in [0.25, 0.3) is 0 Å². The molecule has 0 amide bonds. The highest BCUT2D eigenvalue weighted by Crippen LogP contribution is 2.30. The fourth-order valence-electron chi connectivity index (χ4n) is 2.36. The minimum Gasteiger partial charge on any atom is -0.371 e. The van der Waals surface area contributed by atoms with Crippen LogP contribution >= 0.6 is 0 Å². The summed E-state index contributed by atoms with van der Waals surface area (Å²) in [6, 6.07) is 0.787. The van der Waals surface area contributed by atoms with Crippen molar-refractivity contribution in [3.05, 3.63) is 0 Å². The van der Waals surface area contributed by atoms with E-state index in [1.54, 1.807) is 0 Å². The lowest BCUT2D eigenvalue weighted by Crippen LogP contribution is -2.54. The van der Waals surface area contributed by atoms with Gasteiger partial charge in [-0.05, 0) is 60.9 Å². The van der Waals surface area contributed by atoms with Crippen molar-refractivity contribution in [2.45, 2.75) is 98.0 Å². The molecule has 21 heavy (non-hydrogen) atoms. The molecule has 0 spiro atoms. The van der Waals surface area contributed by atoms with Gasteiger partial charge in [-0.15, -0.1) is 0 Å².